The van der Waals surface area contributed by atoms with Gasteiger partial charge in [0, 0.05) is 0 Å². The van der Waals surface area contributed by atoms with Gasteiger partial charge >= 0.3 is 136 Å². The van der Waals surface area contributed by atoms with Crippen LogP contribution in [0.5, 0.6) is 0 Å². The summed E-state index contributed by atoms with van der Waals surface area (Å²) in [6, 6.07) is 1.42. The zero-order chi connectivity index (χ0) is 17.7. The van der Waals surface area contributed by atoms with E-state index >= 15 is 0 Å². The summed E-state index contributed by atoms with van der Waals surface area (Å²) in [5, 5.41) is 2.71. The van der Waals surface area contributed by atoms with Crippen molar-refractivity contribution in [2.45, 2.75) is 24.8 Å². The topological polar surface area (TPSA) is 185 Å². The van der Waals surface area contributed by atoms with E-state index < -0.39 is 32.2 Å². The van der Waals surface area contributed by atoms with E-state index in [0.29, 0.717) is 0 Å². The molecular weight excluding hydrogens is 345 g/mol. The second-order valence-electron chi connectivity index (χ2n) is 5.14. The normalized spacial score (nSPS) is 25.8. The van der Waals surface area contributed by atoms with Crippen LogP contribution in [0.1, 0.15) is 12.6 Å². The first-order chi connectivity index (χ1) is 11.3. The summed E-state index contributed by atoms with van der Waals surface area (Å²) in [5.74, 6) is 0.0760. The van der Waals surface area contributed by atoms with Crippen molar-refractivity contribution in [2.75, 3.05) is 25.5 Å². The number of ether oxygens (including phenoxy) is 1. The molecule has 0 aliphatic carbocycles. The molecule has 1 fully saturated rings. The molecule has 0 saturated carbocycles. The number of nitrogens with zero attached hydrogens (tertiary/aromatic N) is 3. The monoisotopic (exact) mass is 365 g/mol. The maximum absolute atomic E-state index is 11.7. The fourth-order valence-electron chi connectivity index (χ4n) is 2.17. The van der Waals surface area contributed by atoms with Crippen LogP contribution < -0.4 is 17.2 Å². The van der Waals surface area contributed by atoms with Crippen molar-refractivity contribution in [1.29, 1.82) is 0 Å². The molecule has 0 aromatic carbocycles. The van der Waals surface area contributed by atoms with Crippen molar-refractivity contribution in [2.24, 2.45) is 10.9 Å². The molecule has 1 saturated heterocycles. The molecule has 1 aromatic rings. The molecule has 1 aromatic heterocycles. The van der Waals surface area contributed by atoms with Gasteiger partial charge in [0.1, 0.15) is 0 Å². The Kier molecular flexibility index (Phi) is 6.29. The third-order valence-corrected chi connectivity index (χ3v) is 4.50. The first kappa shape index (κ1) is 18.8. The molecule has 136 valence electrons. The van der Waals surface area contributed by atoms with Crippen molar-refractivity contribution < 1.29 is 23.6 Å². The molecule has 2 rings (SSSR count). The van der Waals surface area contributed by atoms with Gasteiger partial charge in [-0.3, -0.25) is 0 Å². The molecule has 6 N–H and O–H groups in total. The van der Waals surface area contributed by atoms with Crippen LogP contribution in [0.15, 0.2) is 22.2 Å². The predicted molar refractivity (Wildman–Crippen MR) is 84.7 cm³/mol. The van der Waals surface area contributed by atoms with Crippen LogP contribution in [0, 0.1) is 4.91 Å². The Morgan fingerprint density at radius 3 is 3.00 bits per heavy atom. The van der Waals surface area contributed by atoms with Crippen molar-refractivity contribution in [3.63, 3.8) is 0 Å². The maximum atomic E-state index is 11.7. The second-order valence-corrected chi connectivity index (χ2v) is 6.76. The number of nitrogens with two attached hydrogens (primary N) is 2. The van der Waals surface area contributed by atoms with E-state index in [-0.39, 0.29) is 32.0 Å². The first-order valence-corrected chi connectivity index (χ1v) is 8.81. The summed E-state index contributed by atoms with van der Waals surface area (Å²) in [7, 11) is -4.21. The van der Waals surface area contributed by atoms with Gasteiger partial charge in [-0.25, -0.2) is 0 Å². The molecule has 0 spiro atoms. The third kappa shape index (κ3) is 4.98. The standard InChI is InChI=1S/C11H20N5O7P/c12-9-2-4-16(11(17)15-9)10(13)6-21-8-5-22-24(19,20)23-7(8)1-3-14-18/h2,4,7-8,10,19-20,24H,1,3,5-6,13H2,(H2,12,15,17)/t7-,8?,10-/m1/s1. The van der Waals surface area contributed by atoms with E-state index in [4.69, 9.17) is 25.3 Å². The molecule has 0 radical (unpaired) electrons. The minimum absolute atomic E-state index is 0.0760. The van der Waals surface area contributed by atoms with E-state index in [0.717, 1.165) is 4.57 Å². The number of rotatable bonds is 7. The van der Waals surface area contributed by atoms with Gasteiger partial charge < -0.3 is 0 Å². The molecule has 0 amide bonds. The molecule has 24 heavy (non-hydrogen) atoms. The average Bonchev–Trinajstić information content (AvgIpc) is 2.51. The van der Waals surface area contributed by atoms with Crippen LogP contribution in [0.25, 0.3) is 0 Å². The number of nitrogen functional groups attached to an aromatic ring is 1. The molecule has 0 bridgehead atoms. The molecule has 12 nitrogen and oxygen atoms in total. The van der Waals surface area contributed by atoms with Crippen LogP contribution >= 0.6 is 8.17 Å². The Labute approximate surface area is 137 Å². The van der Waals surface area contributed by atoms with Gasteiger partial charge in [-0.2, -0.15) is 0 Å². The first-order valence-electron chi connectivity index (χ1n) is 7.10. The van der Waals surface area contributed by atoms with Crippen LogP contribution in [-0.4, -0.2) is 51.3 Å². The molecule has 3 atom stereocenters. The zero-order valence-corrected chi connectivity index (χ0v) is 13.6. The van der Waals surface area contributed by atoms with Crippen LogP contribution in [0.4, 0.5) is 5.82 Å². The Hall–Kier alpha value is -1.53. The Bertz CT molecular complexity index is 627. The molecule has 1 aliphatic heterocycles. The van der Waals surface area contributed by atoms with E-state index in [1.54, 1.807) is 0 Å². The molecule has 13 heteroatoms. The Morgan fingerprint density at radius 1 is 1.58 bits per heavy atom. The SMILES string of the molecule is Nc1ccn([C@@H](N)COC2CO[PH](O)(O)O[C@@H]2CCN=O)c(=O)n1. The van der Waals surface area contributed by atoms with Gasteiger partial charge in [0.05, 0.1) is 0 Å². The van der Waals surface area contributed by atoms with Crippen LogP contribution in [0.3, 0.4) is 0 Å². The number of hydrogen-bond donors (Lipinski definition) is 4. The fourth-order valence-corrected chi connectivity index (χ4v) is 3.28. The van der Waals surface area contributed by atoms with Crippen molar-refractivity contribution >= 4 is 14.0 Å². The van der Waals surface area contributed by atoms with Crippen LogP contribution in [-0.2, 0) is 13.8 Å². The number of anilines is 1. The van der Waals surface area contributed by atoms with E-state index in [2.05, 4.69) is 10.2 Å². The number of nitroso groups, excluding NO2 is 1. The summed E-state index contributed by atoms with van der Waals surface area (Å²) in [6.45, 7) is -0.327. The zero-order valence-electron chi connectivity index (χ0n) is 12.6. The van der Waals surface area contributed by atoms with Gasteiger partial charge in [-0.05, 0) is 0 Å². The number of aromatic nitrogens is 2. The van der Waals surface area contributed by atoms with Gasteiger partial charge in [0.25, 0.3) is 0 Å². The van der Waals surface area contributed by atoms with Crippen molar-refractivity contribution in [3.8, 4) is 0 Å². The average molecular weight is 365 g/mol. The quantitative estimate of drug-likeness (QED) is 0.332. The Balaban J connectivity index is 1.97. The summed E-state index contributed by atoms with van der Waals surface area (Å²) < 4.78 is 16.5. The Morgan fingerprint density at radius 2 is 2.33 bits per heavy atom. The van der Waals surface area contributed by atoms with E-state index in [1.807, 2.05) is 0 Å². The molecule has 1 aliphatic rings. The summed E-state index contributed by atoms with van der Waals surface area (Å²) in [5.41, 5.74) is 10.7. The van der Waals surface area contributed by atoms with E-state index in [9.17, 15) is 19.5 Å². The molecule has 1 unspecified atom stereocenters. The van der Waals surface area contributed by atoms with Gasteiger partial charge in [-0.1, -0.05) is 0 Å². The second kappa shape index (κ2) is 8.03. The van der Waals surface area contributed by atoms with Crippen molar-refractivity contribution in [3.05, 3.63) is 27.7 Å². The summed E-state index contributed by atoms with van der Waals surface area (Å²) >= 11 is 0. The fraction of sp³-hybridized carbons (Fsp3) is 0.636. The third-order valence-electron chi connectivity index (χ3n) is 3.35. The summed E-state index contributed by atoms with van der Waals surface area (Å²) in [6.07, 6.45) is -0.810. The molecular formula is C11H20N5O7P. The number of hydrogen-bond acceptors (Lipinski definition) is 11. The predicted octanol–water partition coefficient (Wildman–Crippen LogP) is -1.37. The minimum atomic E-state index is -4.21. The van der Waals surface area contributed by atoms with Gasteiger partial charge in [0.15, 0.2) is 0 Å². The molecule has 2 heterocycles. The van der Waals surface area contributed by atoms with Crippen LogP contribution in [0.2, 0.25) is 0 Å². The van der Waals surface area contributed by atoms with Gasteiger partial charge in [0.2, 0.25) is 0 Å². The van der Waals surface area contributed by atoms with Crippen molar-refractivity contribution in [1.82, 2.24) is 9.55 Å². The van der Waals surface area contributed by atoms with Gasteiger partial charge in [-0.15, -0.1) is 0 Å². The summed E-state index contributed by atoms with van der Waals surface area (Å²) in [4.78, 5) is 44.5. The van der Waals surface area contributed by atoms with E-state index in [1.165, 1.54) is 12.3 Å².